The van der Waals surface area contributed by atoms with Gasteiger partial charge in [0.1, 0.15) is 0 Å². The van der Waals surface area contributed by atoms with Crippen molar-refractivity contribution in [2.45, 2.75) is 13.8 Å². The van der Waals surface area contributed by atoms with Crippen LogP contribution < -0.4 is 5.32 Å². The smallest absolute Gasteiger partial charge is 0.238 e. The lowest BCUT2D eigenvalue weighted by atomic mass is 10.3. The van der Waals surface area contributed by atoms with Gasteiger partial charge in [0, 0.05) is 13.6 Å². The first-order chi connectivity index (χ1) is 7.95. The van der Waals surface area contributed by atoms with E-state index in [1.165, 1.54) is 0 Å². The lowest BCUT2D eigenvalue weighted by molar-refractivity contribution is -0.117. The van der Waals surface area contributed by atoms with Crippen LogP contribution in [-0.2, 0) is 11.8 Å². The Bertz CT molecular complexity index is 400. The van der Waals surface area contributed by atoms with Gasteiger partial charge in [-0.2, -0.15) is 5.10 Å². The molecule has 0 aliphatic rings. The summed E-state index contributed by atoms with van der Waals surface area (Å²) in [5.41, 5.74) is 2.51. The minimum Gasteiger partial charge on any atom is -0.395 e. The molecule has 0 radical (unpaired) electrons. The van der Waals surface area contributed by atoms with Gasteiger partial charge in [-0.05, 0) is 20.9 Å². The summed E-state index contributed by atoms with van der Waals surface area (Å²) in [6.45, 7) is 4.56. The zero-order valence-corrected chi connectivity index (χ0v) is 10.8. The molecule has 0 atom stereocenters. The molecule has 0 fully saturated rings. The van der Waals surface area contributed by atoms with Crippen molar-refractivity contribution in [3.8, 4) is 0 Å². The molecule has 0 unspecified atom stereocenters. The number of hydrogen-bond donors (Lipinski definition) is 2. The van der Waals surface area contributed by atoms with Crippen molar-refractivity contribution in [1.82, 2.24) is 14.7 Å². The molecule has 0 saturated carbocycles. The van der Waals surface area contributed by atoms with Crippen molar-refractivity contribution >= 4 is 11.6 Å². The number of aromatic nitrogens is 2. The van der Waals surface area contributed by atoms with Crippen LogP contribution in [0.25, 0.3) is 0 Å². The van der Waals surface area contributed by atoms with Gasteiger partial charge >= 0.3 is 0 Å². The number of aryl methyl sites for hydroxylation is 2. The van der Waals surface area contributed by atoms with Gasteiger partial charge in [-0.15, -0.1) is 0 Å². The lowest BCUT2D eigenvalue weighted by Gasteiger charge is -2.14. The van der Waals surface area contributed by atoms with E-state index in [1.807, 2.05) is 20.9 Å². The fraction of sp³-hybridized carbons (Fsp3) is 0.636. The Hall–Kier alpha value is -1.40. The fourth-order valence-electron chi connectivity index (χ4n) is 1.63. The largest absolute Gasteiger partial charge is 0.395 e. The van der Waals surface area contributed by atoms with E-state index in [0.717, 1.165) is 17.1 Å². The first-order valence-electron chi connectivity index (χ1n) is 5.55. The second-order valence-corrected chi connectivity index (χ2v) is 4.18. The standard InChI is InChI=1S/C11H20N4O2/c1-8-11(9(2)15(4)13-8)12-10(17)7-14(3)5-6-16/h16H,5-7H2,1-4H3,(H,12,17). The molecule has 0 spiro atoms. The number of carbonyl (C=O) groups excluding carboxylic acids is 1. The van der Waals surface area contributed by atoms with E-state index in [-0.39, 0.29) is 19.1 Å². The number of carbonyl (C=O) groups is 1. The maximum atomic E-state index is 11.7. The van der Waals surface area contributed by atoms with Gasteiger partial charge in [-0.1, -0.05) is 0 Å². The molecule has 0 aliphatic carbocycles. The maximum absolute atomic E-state index is 11.7. The summed E-state index contributed by atoms with van der Waals surface area (Å²) in [4.78, 5) is 13.5. The number of aliphatic hydroxyl groups excluding tert-OH is 1. The van der Waals surface area contributed by atoms with Crippen molar-refractivity contribution in [3.63, 3.8) is 0 Å². The summed E-state index contributed by atoms with van der Waals surface area (Å²) < 4.78 is 1.74. The van der Waals surface area contributed by atoms with Crippen molar-refractivity contribution in [3.05, 3.63) is 11.4 Å². The van der Waals surface area contributed by atoms with Gasteiger partial charge in [-0.25, -0.2) is 0 Å². The van der Waals surface area contributed by atoms with Crippen molar-refractivity contribution in [2.24, 2.45) is 7.05 Å². The number of likely N-dealkylation sites (N-methyl/N-ethyl adjacent to an activating group) is 1. The minimum absolute atomic E-state index is 0.0503. The zero-order chi connectivity index (χ0) is 13.0. The highest BCUT2D eigenvalue weighted by Gasteiger charge is 2.13. The average molecular weight is 240 g/mol. The van der Waals surface area contributed by atoms with E-state index in [0.29, 0.717) is 6.54 Å². The van der Waals surface area contributed by atoms with E-state index < -0.39 is 0 Å². The topological polar surface area (TPSA) is 70.4 Å². The number of hydrogen-bond acceptors (Lipinski definition) is 4. The van der Waals surface area contributed by atoms with Crippen LogP contribution in [0.4, 0.5) is 5.69 Å². The second-order valence-electron chi connectivity index (χ2n) is 4.18. The quantitative estimate of drug-likeness (QED) is 0.754. The third-order valence-corrected chi connectivity index (χ3v) is 2.67. The number of nitrogens with zero attached hydrogens (tertiary/aromatic N) is 3. The van der Waals surface area contributed by atoms with Gasteiger partial charge in [0.25, 0.3) is 0 Å². The van der Waals surface area contributed by atoms with Crippen LogP contribution in [0.2, 0.25) is 0 Å². The molecular formula is C11H20N4O2. The van der Waals surface area contributed by atoms with Gasteiger partial charge in [-0.3, -0.25) is 14.4 Å². The molecule has 0 bridgehead atoms. The third kappa shape index (κ3) is 3.54. The maximum Gasteiger partial charge on any atom is 0.238 e. The second kappa shape index (κ2) is 5.79. The Labute approximate surface area is 101 Å². The highest BCUT2D eigenvalue weighted by Crippen LogP contribution is 2.17. The number of nitrogens with one attached hydrogen (secondary N) is 1. The molecule has 17 heavy (non-hydrogen) atoms. The summed E-state index contributed by atoms with van der Waals surface area (Å²) in [5, 5.41) is 15.8. The van der Waals surface area contributed by atoms with Crippen LogP contribution in [0.3, 0.4) is 0 Å². The Morgan fingerprint density at radius 1 is 1.53 bits per heavy atom. The van der Waals surface area contributed by atoms with Gasteiger partial charge in [0.2, 0.25) is 5.91 Å². The highest BCUT2D eigenvalue weighted by molar-refractivity contribution is 5.93. The van der Waals surface area contributed by atoms with Crippen molar-refractivity contribution < 1.29 is 9.90 Å². The molecule has 6 heteroatoms. The molecule has 0 saturated heterocycles. The van der Waals surface area contributed by atoms with Crippen molar-refractivity contribution in [2.75, 3.05) is 32.1 Å². The number of aliphatic hydroxyl groups is 1. The Morgan fingerprint density at radius 2 is 2.18 bits per heavy atom. The van der Waals surface area contributed by atoms with E-state index in [4.69, 9.17) is 5.11 Å². The lowest BCUT2D eigenvalue weighted by Crippen LogP contribution is -2.32. The molecule has 1 heterocycles. The van der Waals surface area contributed by atoms with Gasteiger partial charge in [0.05, 0.1) is 30.2 Å². The Morgan fingerprint density at radius 3 is 2.65 bits per heavy atom. The van der Waals surface area contributed by atoms with Gasteiger partial charge in [0.15, 0.2) is 0 Å². The van der Waals surface area contributed by atoms with Crippen LogP contribution in [0.1, 0.15) is 11.4 Å². The Kier molecular flexibility index (Phi) is 4.65. The molecule has 6 nitrogen and oxygen atoms in total. The van der Waals surface area contributed by atoms with E-state index in [9.17, 15) is 4.79 Å². The van der Waals surface area contributed by atoms with E-state index in [1.54, 1.807) is 16.6 Å². The molecule has 96 valence electrons. The summed E-state index contributed by atoms with van der Waals surface area (Å²) >= 11 is 0. The highest BCUT2D eigenvalue weighted by atomic mass is 16.3. The molecular weight excluding hydrogens is 220 g/mol. The first kappa shape index (κ1) is 13.7. The first-order valence-corrected chi connectivity index (χ1v) is 5.55. The number of anilines is 1. The van der Waals surface area contributed by atoms with Crippen LogP contribution in [-0.4, -0.2) is 52.4 Å². The van der Waals surface area contributed by atoms with Crippen LogP contribution in [0.15, 0.2) is 0 Å². The van der Waals surface area contributed by atoms with E-state index in [2.05, 4.69) is 10.4 Å². The third-order valence-electron chi connectivity index (χ3n) is 2.67. The Balaban J connectivity index is 2.62. The predicted molar refractivity (Wildman–Crippen MR) is 65.9 cm³/mol. The minimum atomic E-state index is -0.0971. The van der Waals surface area contributed by atoms with Crippen molar-refractivity contribution in [1.29, 1.82) is 0 Å². The summed E-state index contributed by atoms with van der Waals surface area (Å²) in [6, 6.07) is 0. The van der Waals surface area contributed by atoms with Gasteiger partial charge < -0.3 is 10.4 Å². The molecule has 0 aromatic carbocycles. The molecule has 0 aliphatic heterocycles. The number of amides is 1. The molecule has 1 aromatic heterocycles. The zero-order valence-electron chi connectivity index (χ0n) is 10.8. The molecule has 2 N–H and O–H groups in total. The summed E-state index contributed by atoms with van der Waals surface area (Å²) in [7, 11) is 3.63. The van der Waals surface area contributed by atoms with Crippen LogP contribution >= 0.6 is 0 Å². The fourth-order valence-corrected chi connectivity index (χ4v) is 1.63. The number of rotatable bonds is 5. The average Bonchev–Trinajstić information content (AvgIpc) is 2.45. The summed E-state index contributed by atoms with van der Waals surface area (Å²) in [6.07, 6.45) is 0. The molecule has 1 amide bonds. The SMILES string of the molecule is Cc1nn(C)c(C)c1NC(=O)CN(C)CCO. The summed E-state index contributed by atoms with van der Waals surface area (Å²) in [5.74, 6) is -0.0971. The monoisotopic (exact) mass is 240 g/mol. The molecule has 1 aromatic rings. The van der Waals surface area contributed by atoms with Crippen LogP contribution in [0, 0.1) is 13.8 Å². The van der Waals surface area contributed by atoms with E-state index >= 15 is 0 Å². The molecule has 1 rings (SSSR count). The van der Waals surface area contributed by atoms with Crippen LogP contribution in [0.5, 0.6) is 0 Å². The predicted octanol–water partition coefficient (Wildman–Crippen LogP) is -0.100. The normalized spacial score (nSPS) is 10.9.